The van der Waals surface area contributed by atoms with Crippen LogP contribution in [0.4, 0.5) is 0 Å². The summed E-state index contributed by atoms with van der Waals surface area (Å²) >= 11 is 0. The van der Waals surface area contributed by atoms with Crippen molar-refractivity contribution in [3.63, 3.8) is 0 Å². The zero-order valence-electron chi connectivity index (χ0n) is 10.9. The normalized spacial score (nSPS) is 15.4. The fourth-order valence-corrected chi connectivity index (χ4v) is 3.23. The van der Waals surface area contributed by atoms with Crippen LogP contribution in [0.2, 0.25) is 0 Å². The van der Waals surface area contributed by atoms with E-state index in [-0.39, 0.29) is 12.0 Å². The highest BCUT2D eigenvalue weighted by atomic mass is 31.2. The van der Waals surface area contributed by atoms with Gasteiger partial charge >= 0.3 is 7.52 Å². The molecule has 0 N–H and O–H groups in total. The molecule has 0 aromatic rings. The van der Waals surface area contributed by atoms with Crippen LogP contribution in [0.5, 0.6) is 0 Å². The molecule has 0 amide bonds. The molecule has 0 heterocycles. The molecule has 0 aliphatic heterocycles. The van der Waals surface area contributed by atoms with Crippen molar-refractivity contribution in [3.8, 4) is 5.81 Å². The van der Waals surface area contributed by atoms with Gasteiger partial charge < -0.3 is 4.52 Å². The molecule has 0 spiro atoms. The Balaban J connectivity index is 4.76. The van der Waals surface area contributed by atoms with E-state index < -0.39 is 7.52 Å². The lowest BCUT2D eigenvalue weighted by Gasteiger charge is -2.29. The van der Waals surface area contributed by atoms with Crippen LogP contribution in [0, 0.1) is 17.0 Å². The second kappa shape index (κ2) is 7.06. The third kappa shape index (κ3) is 4.65. The standard InChI is InChI=1S/C11H23N2O2P/c1-6-7-13(11(4)5)16(14,9-12)15-8-10(2)3/h10-11H,6-8H2,1-5H3. The Bertz CT molecular complexity index is 284. The van der Waals surface area contributed by atoms with Gasteiger partial charge in [0.25, 0.3) is 0 Å². The van der Waals surface area contributed by atoms with Crippen molar-refractivity contribution in [1.82, 2.24) is 4.67 Å². The van der Waals surface area contributed by atoms with E-state index in [0.717, 1.165) is 6.42 Å². The number of rotatable bonds is 7. The quantitative estimate of drug-likeness (QED) is 0.645. The summed E-state index contributed by atoms with van der Waals surface area (Å²) in [6.45, 7) is 10.8. The molecular weight excluding hydrogens is 223 g/mol. The summed E-state index contributed by atoms with van der Waals surface area (Å²) in [5.41, 5.74) is 0. The van der Waals surface area contributed by atoms with E-state index in [1.54, 1.807) is 4.67 Å². The van der Waals surface area contributed by atoms with Crippen molar-refractivity contribution >= 4 is 7.52 Å². The van der Waals surface area contributed by atoms with Gasteiger partial charge in [-0.2, -0.15) is 5.26 Å². The Labute approximate surface area is 99.1 Å². The van der Waals surface area contributed by atoms with Crippen molar-refractivity contribution in [2.75, 3.05) is 13.2 Å². The first kappa shape index (κ1) is 15.6. The highest BCUT2D eigenvalue weighted by Crippen LogP contribution is 2.51. The molecule has 0 aromatic carbocycles. The number of hydrogen-bond acceptors (Lipinski definition) is 3. The van der Waals surface area contributed by atoms with Crippen molar-refractivity contribution in [2.45, 2.75) is 47.1 Å². The Morgan fingerprint density at radius 2 is 1.94 bits per heavy atom. The number of nitrogens with zero attached hydrogens (tertiary/aromatic N) is 2. The lowest BCUT2D eigenvalue weighted by Crippen LogP contribution is -2.29. The van der Waals surface area contributed by atoms with E-state index in [0.29, 0.717) is 13.2 Å². The molecule has 4 nitrogen and oxygen atoms in total. The molecule has 0 aliphatic carbocycles. The Morgan fingerprint density at radius 3 is 2.25 bits per heavy atom. The number of hydrogen-bond donors (Lipinski definition) is 0. The molecule has 16 heavy (non-hydrogen) atoms. The highest BCUT2D eigenvalue weighted by molar-refractivity contribution is 7.61. The predicted octanol–water partition coefficient (Wildman–Crippen LogP) is 3.45. The van der Waals surface area contributed by atoms with Gasteiger partial charge in [0.1, 0.15) is 0 Å². The number of nitriles is 1. The van der Waals surface area contributed by atoms with Crippen LogP contribution in [0.1, 0.15) is 41.0 Å². The van der Waals surface area contributed by atoms with E-state index >= 15 is 0 Å². The molecule has 0 bridgehead atoms. The molecule has 0 radical (unpaired) electrons. The molecule has 1 unspecified atom stereocenters. The van der Waals surface area contributed by atoms with Gasteiger partial charge in [-0.1, -0.05) is 20.8 Å². The molecule has 0 saturated carbocycles. The summed E-state index contributed by atoms with van der Waals surface area (Å²) in [5.74, 6) is 2.13. The minimum absolute atomic E-state index is 0.0533. The maximum Gasteiger partial charge on any atom is 0.371 e. The first-order valence-corrected chi connectivity index (χ1v) is 7.38. The summed E-state index contributed by atoms with van der Waals surface area (Å²) in [4.78, 5) is 0. The van der Waals surface area contributed by atoms with E-state index in [9.17, 15) is 4.57 Å². The van der Waals surface area contributed by atoms with E-state index in [2.05, 4.69) is 0 Å². The maximum atomic E-state index is 12.4. The molecular formula is C11H23N2O2P. The van der Waals surface area contributed by atoms with Crippen LogP contribution < -0.4 is 0 Å². The topological polar surface area (TPSA) is 53.3 Å². The molecule has 0 rings (SSSR count). The summed E-state index contributed by atoms with van der Waals surface area (Å²) in [6.07, 6.45) is 0.856. The van der Waals surface area contributed by atoms with Gasteiger partial charge in [-0.3, -0.25) is 4.57 Å². The lowest BCUT2D eigenvalue weighted by molar-refractivity contribution is 0.224. The lowest BCUT2D eigenvalue weighted by atomic mass is 10.2. The molecule has 0 aromatic heterocycles. The van der Waals surface area contributed by atoms with Gasteiger partial charge in [0.2, 0.25) is 0 Å². The van der Waals surface area contributed by atoms with Gasteiger partial charge in [0.15, 0.2) is 5.81 Å². The molecule has 5 heteroatoms. The first-order valence-electron chi connectivity index (χ1n) is 5.80. The van der Waals surface area contributed by atoms with Gasteiger partial charge in [-0.05, 0) is 26.2 Å². The van der Waals surface area contributed by atoms with Crippen molar-refractivity contribution in [1.29, 1.82) is 5.26 Å². The zero-order valence-corrected chi connectivity index (χ0v) is 11.8. The monoisotopic (exact) mass is 246 g/mol. The van der Waals surface area contributed by atoms with Gasteiger partial charge in [0.05, 0.1) is 6.61 Å². The average Bonchev–Trinajstić information content (AvgIpc) is 2.22. The average molecular weight is 246 g/mol. The second-order valence-electron chi connectivity index (χ2n) is 4.57. The summed E-state index contributed by atoms with van der Waals surface area (Å²) in [7, 11) is -3.30. The third-order valence-electron chi connectivity index (χ3n) is 2.10. The summed E-state index contributed by atoms with van der Waals surface area (Å²) in [5, 5.41) is 9.06. The minimum atomic E-state index is -3.30. The fourth-order valence-electron chi connectivity index (χ4n) is 1.33. The molecule has 0 aliphatic rings. The predicted molar refractivity (Wildman–Crippen MR) is 66.1 cm³/mol. The molecule has 0 fully saturated rings. The van der Waals surface area contributed by atoms with E-state index in [1.807, 2.05) is 40.4 Å². The Morgan fingerprint density at radius 1 is 1.38 bits per heavy atom. The van der Waals surface area contributed by atoms with Crippen molar-refractivity contribution in [2.24, 2.45) is 5.92 Å². The van der Waals surface area contributed by atoms with Gasteiger partial charge in [-0.25, -0.2) is 4.67 Å². The van der Waals surface area contributed by atoms with Crippen LogP contribution in [0.15, 0.2) is 0 Å². The Hall–Kier alpha value is -0.360. The summed E-state index contributed by atoms with van der Waals surface area (Å²) in [6, 6.07) is 0.0533. The maximum absolute atomic E-state index is 12.4. The fraction of sp³-hybridized carbons (Fsp3) is 0.909. The van der Waals surface area contributed by atoms with Crippen LogP contribution in [0.3, 0.4) is 0 Å². The second-order valence-corrected chi connectivity index (χ2v) is 6.58. The van der Waals surface area contributed by atoms with E-state index in [1.165, 1.54) is 0 Å². The highest BCUT2D eigenvalue weighted by Gasteiger charge is 2.33. The minimum Gasteiger partial charge on any atom is -0.307 e. The SMILES string of the molecule is CCCN(C(C)C)P(=O)(C#N)OCC(C)C. The smallest absolute Gasteiger partial charge is 0.307 e. The largest absolute Gasteiger partial charge is 0.371 e. The summed E-state index contributed by atoms with van der Waals surface area (Å²) < 4.78 is 19.4. The van der Waals surface area contributed by atoms with E-state index in [4.69, 9.17) is 9.79 Å². The van der Waals surface area contributed by atoms with Crippen LogP contribution in [-0.4, -0.2) is 23.9 Å². The molecule has 1 atom stereocenters. The Kier molecular flexibility index (Phi) is 6.90. The molecule has 0 saturated heterocycles. The zero-order chi connectivity index (χ0) is 12.8. The van der Waals surface area contributed by atoms with Crippen molar-refractivity contribution < 1.29 is 9.09 Å². The van der Waals surface area contributed by atoms with Crippen LogP contribution in [0.25, 0.3) is 0 Å². The van der Waals surface area contributed by atoms with Crippen molar-refractivity contribution in [3.05, 3.63) is 0 Å². The van der Waals surface area contributed by atoms with Gasteiger partial charge in [0, 0.05) is 12.6 Å². The third-order valence-corrected chi connectivity index (χ3v) is 4.19. The first-order chi connectivity index (χ1) is 7.37. The molecule has 94 valence electrons. The van der Waals surface area contributed by atoms with Crippen LogP contribution in [-0.2, 0) is 9.09 Å². The van der Waals surface area contributed by atoms with Gasteiger partial charge in [-0.15, -0.1) is 0 Å². The van der Waals surface area contributed by atoms with Crippen LogP contribution >= 0.6 is 7.52 Å².